The highest BCUT2D eigenvalue weighted by Gasteiger charge is 2.45. The molecular formula is C28H36N2O4. The van der Waals surface area contributed by atoms with Gasteiger partial charge in [0, 0.05) is 12.1 Å². The predicted octanol–water partition coefficient (Wildman–Crippen LogP) is 4.71. The summed E-state index contributed by atoms with van der Waals surface area (Å²) in [6, 6.07) is 12.5. The third-order valence-electron chi connectivity index (χ3n) is 5.97. The Morgan fingerprint density at radius 3 is 2.35 bits per heavy atom. The first-order valence-electron chi connectivity index (χ1n) is 11.8. The fourth-order valence-corrected chi connectivity index (χ4v) is 4.16. The van der Waals surface area contributed by atoms with E-state index in [0.717, 1.165) is 29.7 Å². The number of likely N-dealkylation sites (tertiary alicyclic amines) is 1. The molecule has 34 heavy (non-hydrogen) atoms. The van der Waals surface area contributed by atoms with Crippen LogP contribution in [0.5, 0.6) is 5.75 Å². The van der Waals surface area contributed by atoms with Gasteiger partial charge in [-0.2, -0.15) is 0 Å². The van der Waals surface area contributed by atoms with Gasteiger partial charge in [0.1, 0.15) is 11.5 Å². The molecule has 1 N–H and O–H groups in total. The highest BCUT2D eigenvalue weighted by Crippen LogP contribution is 2.40. The third-order valence-corrected chi connectivity index (χ3v) is 5.97. The molecule has 2 aromatic rings. The molecule has 1 aliphatic heterocycles. The maximum atomic E-state index is 13.2. The van der Waals surface area contributed by atoms with E-state index in [1.807, 2.05) is 63.2 Å². The van der Waals surface area contributed by atoms with Gasteiger partial charge in [-0.1, -0.05) is 43.7 Å². The van der Waals surface area contributed by atoms with Gasteiger partial charge in [-0.25, -0.2) is 0 Å². The van der Waals surface area contributed by atoms with Crippen molar-refractivity contribution in [3.8, 4) is 5.75 Å². The van der Waals surface area contributed by atoms with Crippen LogP contribution in [-0.2, 0) is 9.59 Å². The molecule has 1 heterocycles. The maximum absolute atomic E-state index is 13.2. The average Bonchev–Trinajstić information content (AvgIpc) is 3.02. The molecule has 0 radical (unpaired) electrons. The second-order valence-corrected chi connectivity index (χ2v) is 9.74. The standard InChI is InChI=1S/C28H36N2O4/c1-18(2)17-34-22-12-13-23(20(4)16-22)26(31)24-25(21-10-8-19(3)9-11-21)30(28(33)27(24)32)15-7-14-29(5)6/h8-13,16,18,25,31H,7,14-15,17H2,1-6H3/b26-24+. The Kier molecular flexibility index (Phi) is 8.15. The number of rotatable bonds is 9. The number of Topliss-reactive ketones (excluding diaryl/α,β-unsaturated/α-hetero) is 1. The Balaban J connectivity index is 2.04. The van der Waals surface area contributed by atoms with Crippen LogP contribution in [0.25, 0.3) is 5.76 Å². The van der Waals surface area contributed by atoms with Gasteiger partial charge in [-0.05, 0) is 76.2 Å². The summed E-state index contributed by atoms with van der Waals surface area (Å²) < 4.78 is 5.80. The number of carbonyl (C=O) groups excluding carboxylic acids is 2. The second kappa shape index (κ2) is 10.9. The molecule has 1 unspecified atom stereocenters. The zero-order valence-electron chi connectivity index (χ0n) is 21.1. The van der Waals surface area contributed by atoms with E-state index >= 15 is 0 Å². The molecule has 3 rings (SSSR count). The highest BCUT2D eigenvalue weighted by atomic mass is 16.5. The third kappa shape index (κ3) is 5.68. The van der Waals surface area contributed by atoms with Crippen LogP contribution in [0.2, 0.25) is 0 Å². The van der Waals surface area contributed by atoms with E-state index in [1.165, 1.54) is 0 Å². The van der Waals surface area contributed by atoms with Gasteiger partial charge in [0.05, 0.1) is 18.2 Å². The Bertz CT molecular complexity index is 1070. The Hall–Kier alpha value is -3.12. The number of benzene rings is 2. The van der Waals surface area contributed by atoms with Gasteiger partial charge in [0.2, 0.25) is 0 Å². The van der Waals surface area contributed by atoms with Crippen LogP contribution in [0.15, 0.2) is 48.0 Å². The van der Waals surface area contributed by atoms with Crippen molar-refractivity contribution in [3.63, 3.8) is 0 Å². The summed E-state index contributed by atoms with van der Waals surface area (Å²) in [6.07, 6.45) is 0.726. The minimum Gasteiger partial charge on any atom is -0.507 e. The van der Waals surface area contributed by atoms with Gasteiger partial charge in [0.25, 0.3) is 11.7 Å². The van der Waals surface area contributed by atoms with Gasteiger partial charge < -0.3 is 19.6 Å². The van der Waals surface area contributed by atoms with Crippen LogP contribution >= 0.6 is 0 Å². The van der Waals surface area contributed by atoms with Gasteiger partial charge in [-0.15, -0.1) is 0 Å². The van der Waals surface area contributed by atoms with Crippen LogP contribution < -0.4 is 4.74 Å². The molecule has 0 spiro atoms. The molecule has 0 saturated carbocycles. The molecule has 6 heteroatoms. The minimum atomic E-state index is -0.646. The number of carbonyl (C=O) groups is 2. The first-order chi connectivity index (χ1) is 16.1. The molecule has 0 bridgehead atoms. The number of hydrogen-bond donors (Lipinski definition) is 1. The van der Waals surface area contributed by atoms with E-state index in [0.29, 0.717) is 30.4 Å². The number of amides is 1. The summed E-state index contributed by atoms with van der Waals surface area (Å²) in [5.41, 5.74) is 3.34. The van der Waals surface area contributed by atoms with Crippen molar-refractivity contribution in [2.45, 2.75) is 40.2 Å². The van der Waals surface area contributed by atoms with Crippen molar-refractivity contribution >= 4 is 17.4 Å². The summed E-state index contributed by atoms with van der Waals surface area (Å²) in [7, 11) is 3.95. The Morgan fingerprint density at radius 1 is 1.09 bits per heavy atom. The number of hydrogen-bond acceptors (Lipinski definition) is 5. The smallest absolute Gasteiger partial charge is 0.295 e. The van der Waals surface area contributed by atoms with E-state index in [9.17, 15) is 14.7 Å². The summed E-state index contributed by atoms with van der Waals surface area (Å²) >= 11 is 0. The number of aryl methyl sites for hydroxylation is 2. The summed E-state index contributed by atoms with van der Waals surface area (Å²) in [6.45, 7) is 9.83. The normalized spacial score (nSPS) is 17.8. The zero-order valence-corrected chi connectivity index (χ0v) is 21.1. The molecule has 6 nitrogen and oxygen atoms in total. The average molecular weight is 465 g/mol. The summed E-state index contributed by atoms with van der Waals surface area (Å²) in [4.78, 5) is 29.9. The van der Waals surface area contributed by atoms with Crippen molar-refractivity contribution in [1.82, 2.24) is 9.80 Å². The van der Waals surface area contributed by atoms with E-state index in [-0.39, 0.29) is 11.3 Å². The summed E-state index contributed by atoms with van der Waals surface area (Å²) in [5, 5.41) is 11.3. The lowest BCUT2D eigenvalue weighted by atomic mass is 9.93. The number of nitrogens with zero attached hydrogens (tertiary/aromatic N) is 2. The summed E-state index contributed by atoms with van der Waals surface area (Å²) in [5.74, 6) is -0.256. The number of aliphatic hydroxyl groups excluding tert-OH is 1. The van der Waals surface area contributed by atoms with Crippen LogP contribution in [-0.4, -0.2) is 60.4 Å². The van der Waals surface area contributed by atoms with Gasteiger partial charge in [-0.3, -0.25) is 9.59 Å². The van der Waals surface area contributed by atoms with E-state index in [2.05, 4.69) is 13.8 Å². The van der Waals surface area contributed by atoms with Crippen molar-refractivity contribution in [2.75, 3.05) is 33.8 Å². The predicted molar refractivity (Wildman–Crippen MR) is 135 cm³/mol. The largest absolute Gasteiger partial charge is 0.507 e. The van der Waals surface area contributed by atoms with Crippen molar-refractivity contribution in [1.29, 1.82) is 0 Å². The van der Waals surface area contributed by atoms with Gasteiger partial charge >= 0.3 is 0 Å². The quantitative estimate of drug-likeness (QED) is 0.331. The van der Waals surface area contributed by atoms with Crippen molar-refractivity contribution in [2.24, 2.45) is 5.92 Å². The lowest BCUT2D eigenvalue weighted by Gasteiger charge is -2.26. The van der Waals surface area contributed by atoms with E-state index in [4.69, 9.17) is 4.74 Å². The topological polar surface area (TPSA) is 70.1 Å². The SMILES string of the molecule is Cc1ccc(C2/C(=C(\O)c3ccc(OCC(C)C)cc3C)C(=O)C(=O)N2CCCN(C)C)cc1. The molecule has 2 aromatic carbocycles. The Morgan fingerprint density at radius 2 is 1.76 bits per heavy atom. The molecule has 0 aliphatic carbocycles. The van der Waals surface area contributed by atoms with Crippen molar-refractivity contribution < 1.29 is 19.4 Å². The molecule has 1 aliphatic rings. The molecule has 1 saturated heterocycles. The van der Waals surface area contributed by atoms with Crippen LogP contribution in [0.4, 0.5) is 0 Å². The number of aliphatic hydroxyl groups is 1. The van der Waals surface area contributed by atoms with Crippen LogP contribution in [0, 0.1) is 19.8 Å². The lowest BCUT2D eigenvalue weighted by Crippen LogP contribution is -2.32. The second-order valence-electron chi connectivity index (χ2n) is 9.74. The lowest BCUT2D eigenvalue weighted by molar-refractivity contribution is -0.139. The molecule has 1 fully saturated rings. The monoisotopic (exact) mass is 464 g/mol. The fourth-order valence-electron chi connectivity index (χ4n) is 4.16. The Labute approximate surface area is 202 Å². The zero-order chi connectivity index (χ0) is 25.0. The van der Waals surface area contributed by atoms with Crippen molar-refractivity contribution in [3.05, 3.63) is 70.3 Å². The number of ketones is 1. The molecule has 1 amide bonds. The molecular weight excluding hydrogens is 428 g/mol. The molecule has 0 aromatic heterocycles. The van der Waals surface area contributed by atoms with Crippen LogP contribution in [0.1, 0.15) is 48.6 Å². The number of ether oxygens (including phenoxy) is 1. The minimum absolute atomic E-state index is 0.137. The highest BCUT2D eigenvalue weighted by molar-refractivity contribution is 6.46. The molecule has 1 atom stereocenters. The van der Waals surface area contributed by atoms with Gasteiger partial charge in [0.15, 0.2) is 0 Å². The van der Waals surface area contributed by atoms with E-state index in [1.54, 1.807) is 17.0 Å². The van der Waals surface area contributed by atoms with E-state index < -0.39 is 17.7 Å². The maximum Gasteiger partial charge on any atom is 0.295 e. The first kappa shape index (κ1) is 25.5. The van der Waals surface area contributed by atoms with Crippen LogP contribution in [0.3, 0.4) is 0 Å². The fraction of sp³-hybridized carbons (Fsp3) is 0.429. The first-order valence-corrected chi connectivity index (χ1v) is 11.8. The molecule has 182 valence electrons.